The monoisotopic (exact) mass is 275 g/mol. The maximum absolute atomic E-state index is 11.0. The van der Waals surface area contributed by atoms with Crippen molar-refractivity contribution in [2.75, 3.05) is 18.5 Å². The molecule has 0 aliphatic carbocycles. The van der Waals surface area contributed by atoms with Crippen molar-refractivity contribution in [2.45, 2.75) is 19.4 Å². The summed E-state index contributed by atoms with van der Waals surface area (Å²) in [5.74, 6) is 0. The van der Waals surface area contributed by atoms with Gasteiger partial charge in [0.1, 0.15) is 0 Å². The summed E-state index contributed by atoms with van der Waals surface area (Å²) in [7, 11) is 1.91. The second-order valence-electron chi connectivity index (χ2n) is 4.84. The smallest absolute Gasteiger partial charge is 0.278 e. The van der Waals surface area contributed by atoms with E-state index in [0.717, 1.165) is 11.1 Å². The molecule has 0 radical (unpaired) electrons. The summed E-state index contributed by atoms with van der Waals surface area (Å²) in [5.41, 5.74) is 0.953. The van der Waals surface area contributed by atoms with Gasteiger partial charge in [0.05, 0.1) is 16.4 Å². The number of fused-ring (bicyclic) bond motifs is 1. The van der Waals surface area contributed by atoms with Crippen molar-refractivity contribution in [3.05, 3.63) is 40.7 Å². The lowest BCUT2D eigenvalue weighted by atomic mass is 10.1. The number of nitro benzene ring substituents is 1. The summed E-state index contributed by atoms with van der Waals surface area (Å²) in [5, 5.41) is 21.7. The number of aliphatic hydroxyl groups excluding tert-OH is 1. The quantitative estimate of drug-likeness (QED) is 0.669. The number of aliphatic hydroxyl groups is 1. The molecule has 6 heteroatoms. The van der Waals surface area contributed by atoms with Crippen LogP contribution in [0.4, 0.5) is 11.4 Å². The predicted molar refractivity (Wildman–Crippen MR) is 78.0 cm³/mol. The molecule has 0 saturated heterocycles. The number of pyridine rings is 1. The Kier molecular flexibility index (Phi) is 4.14. The largest absolute Gasteiger partial charge is 0.393 e. The molecule has 20 heavy (non-hydrogen) atoms. The number of anilines is 1. The first-order chi connectivity index (χ1) is 9.50. The fraction of sp³-hybridized carbons (Fsp3) is 0.357. The molecule has 6 nitrogen and oxygen atoms in total. The van der Waals surface area contributed by atoms with Crippen molar-refractivity contribution >= 4 is 22.1 Å². The van der Waals surface area contributed by atoms with Crippen LogP contribution in [0.5, 0.6) is 0 Å². The predicted octanol–water partition coefficient (Wildman–Crippen LogP) is 2.35. The molecular weight excluding hydrogens is 258 g/mol. The van der Waals surface area contributed by atoms with Gasteiger partial charge >= 0.3 is 0 Å². The van der Waals surface area contributed by atoms with Crippen molar-refractivity contribution in [3.63, 3.8) is 0 Å². The van der Waals surface area contributed by atoms with Crippen LogP contribution in [0.25, 0.3) is 10.8 Å². The van der Waals surface area contributed by atoms with Crippen LogP contribution in [-0.4, -0.2) is 34.7 Å². The Morgan fingerprint density at radius 3 is 2.80 bits per heavy atom. The third-order valence-electron chi connectivity index (χ3n) is 3.26. The lowest BCUT2D eigenvalue weighted by molar-refractivity contribution is -0.383. The van der Waals surface area contributed by atoms with E-state index < -0.39 is 4.92 Å². The van der Waals surface area contributed by atoms with Gasteiger partial charge in [-0.1, -0.05) is 0 Å². The zero-order valence-electron chi connectivity index (χ0n) is 11.5. The second-order valence-corrected chi connectivity index (χ2v) is 4.84. The second kappa shape index (κ2) is 5.83. The highest BCUT2D eigenvalue weighted by molar-refractivity contribution is 5.99. The Balaban J connectivity index is 2.45. The molecule has 1 atom stereocenters. The third-order valence-corrected chi connectivity index (χ3v) is 3.26. The van der Waals surface area contributed by atoms with Gasteiger partial charge in [-0.05, 0) is 25.5 Å². The molecule has 2 aromatic rings. The molecule has 2 rings (SSSR count). The Morgan fingerprint density at radius 1 is 1.40 bits per heavy atom. The molecule has 0 aliphatic rings. The molecule has 1 heterocycles. The van der Waals surface area contributed by atoms with Crippen LogP contribution in [0.3, 0.4) is 0 Å². The van der Waals surface area contributed by atoms with Gasteiger partial charge in [-0.15, -0.1) is 0 Å². The summed E-state index contributed by atoms with van der Waals surface area (Å²) in [6.45, 7) is 2.42. The van der Waals surface area contributed by atoms with E-state index in [1.165, 1.54) is 12.3 Å². The first-order valence-corrected chi connectivity index (χ1v) is 6.41. The number of aromatic nitrogens is 1. The molecule has 0 bridgehead atoms. The first kappa shape index (κ1) is 14.2. The highest BCUT2D eigenvalue weighted by Crippen LogP contribution is 2.32. The van der Waals surface area contributed by atoms with Crippen LogP contribution >= 0.6 is 0 Å². The van der Waals surface area contributed by atoms with E-state index in [1.54, 1.807) is 25.3 Å². The van der Waals surface area contributed by atoms with E-state index in [1.807, 2.05) is 11.9 Å². The number of rotatable bonds is 5. The van der Waals surface area contributed by atoms with Crippen LogP contribution in [-0.2, 0) is 0 Å². The molecule has 0 aliphatic heterocycles. The van der Waals surface area contributed by atoms with Crippen molar-refractivity contribution in [1.82, 2.24) is 4.98 Å². The summed E-state index contributed by atoms with van der Waals surface area (Å²) in [6.07, 6.45) is 3.40. The van der Waals surface area contributed by atoms with Crippen LogP contribution in [0.15, 0.2) is 30.6 Å². The van der Waals surface area contributed by atoms with Crippen LogP contribution in [0.2, 0.25) is 0 Å². The molecule has 1 aromatic carbocycles. The van der Waals surface area contributed by atoms with E-state index in [9.17, 15) is 15.2 Å². The molecule has 1 N–H and O–H groups in total. The minimum atomic E-state index is -0.399. The molecular formula is C14H17N3O3. The lowest BCUT2D eigenvalue weighted by Crippen LogP contribution is -2.22. The van der Waals surface area contributed by atoms with Gasteiger partial charge in [-0.25, -0.2) is 0 Å². The summed E-state index contributed by atoms with van der Waals surface area (Å²) in [4.78, 5) is 16.6. The first-order valence-electron chi connectivity index (χ1n) is 6.41. The summed E-state index contributed by atoms with van der Waals surface area (Å²) in [6, 6.07) is 5.01. The van der Waals surface area contributed by atoms with Crippen LogP contribution in [0.1, 0.15) is 13.3 Å². The van der Waals surface area contributed by atoms with Crippen molar-refractivity contribution in [1.29, 1.82) is 0 Å². The number of non-ortho nitro benzene ring substituents is 1. The normalized spacial score (nSPS) is 12.3. The van der Waals surface area contributed by atoms with Crippen LogP contribution < -0.4 is 4.90 Å². The topological polar surface area (TPSA) is 79.5 Å². The van der Waals surface area contributed by atoms with E-state index >= 15 is 0 Å². The minimum Gasteiger partial charge on any atom is -0.393 e. The third kappa shape index (κ3) is 2.85. The van der Waals surface area contributed by atoms with Gasteiger partial charge < -0.3 is 10.0 Å². The molecule has 0 saturated carbocycles. The molecule has 0 spiro atoms. The van der Waals surface area contributed by atoms with Crippen molar-refractivity contribution in [3.8, 4) is 0 Å². The minimum absolute atomic E-state index is 0.0563. The van der Waals surface area contributed by atoms with Crippen molar-refractivity contribution in [2.24, 2.45) is 0 Å². The number of nitro groups is 1. The van der Waals surface area contributed by atoms with Gasteiger partial charge in [0.15, 0.2) is 0 Å². The number of hydrogen-bond donors (Lipinski definition) is 1. The lowest BCUT2D eigenvalue weighted by Gasteiger charge is -2.21. The fourth-order valence-electron chi connectivity index (χ4n) is 2.15. The molecule has 0 amide bonds. The van der Waals surface area contributed by atoms with Crippen LogP contribution in [0, 0.1) is 10.1 Å². The van der Waals surface area contributed by atoms with Gasteiger partial charge in [-0.2, -0.15) is 0 Å². The van der Waals surface area contributed by atoms with Gasteiger partial charge in [-0.3, -0.25) is 15.1 Å². The highest BCUT2D eigenvalue weighted by Gasteiger charge is 2.16. The Morgan fingerprint density at radius 2 is 2.15 bits per heavy atom. The molecule has 1 unspecified atom stereocenters. The average Bonchev–Trinajstić information content (AvgIpc) is 2.43. The molecule has 1 aromatic heterocycles. The van der Waals surface area contributed by atoms with E-state index in [0.29, 0.717) is 18.4 Å². The SMILES string of the molecule is CC(O)CCN(C)c1ccc([N+](=O)[O-])c2cnccc12. The Hall–Kier alpha value is -2.21. The Bertz CT molecular complexity index is 628. The maximum atomic E-state index is 11.0. The van der Waals surface area contributed by atoms with Crippen molar-refractivity contribution < 1.29 is 10.0 Å². The summed E-state index contributed by atoms with van der Waals surface area (Å²) < 4.78 is 0. The van der Waals surface area contributed by atoms with E-state index in [4.69, 9.17) is 0 Å². The molecule has 106 valence electrons. The molecule has 0 fully saturated rings. The maximum Gasteiger partial charge on any atom is 0.278 e. The zero-order valence-corrected chi connectivity index (χ0v) is 11.5. The van der Waals surface area contributed by atoms with Gasteiger partial charge in [0, 0.05) is 43.1 Å². The highest BCUT2D eigenvalue weighted by atomic mass is 16.6. The Labute approximate surface area is 116 Å². The standard InChI is InChI=1S/C14H17N3O3/c1-10(18)6-8-16(2)13-3-4-14(17(19)20)12-9-15-7-5-11(12)13/h3-5,7,9-10,18H,6,8H2,1-2H3. The summed E-state index contributed by atoms with van der Waals surface area (Å²) >= 11 is 0. The van der Waals surface area contributed by atoms with Gasteiger partial charge in [0.2, 0.25) is 0 Å². The number of nitrogens with zero attached hydrogens (tertiary/aromatic N) is 3. The number of hydrogen-bond acceptors (Lipinski definition) is 5. The van der Waals surface area contributed by atoms with Gasteiger partial charge in [0.25, 0.3) is 5.69 Å². The van der Waals surface area contributed by atoms with E-state index in [-0.39, 0.29) is 11.8 Å². The zero-order chi connectivity index (χ0) is 14.7. The fourth-order valence-corrected chi connectivity index (χ4v) is 2.15. The average molecular weight is 275 g/mol. The number of benzene rings is 1. The van der Waals surface area contributed by atoms with E-state index in [2.05, 4.69) is 4.98 Å².